The van der Waals surface area contributed by atoms with Crippen molar-refractivity contribution in [3.63, 3.8) is 0 Å². The Balaban J connectivity index is 1.49. The maximum atomic E-state index is 12.5. The van der Waals surface area contributed by atoms with Crippen LogP contribution in [0.3, 0.4) is 0 Å². The van der Waals surface area contributed by atoms with Crippen LogP contribution in [0.4, 0.5) is 5.69 Å². The zero-order valence-corrected chi connectivity index (χ0v) is 22.4. The molecule has 190 valence electrons. The van der Waals surface area contributed by atoms with Crippen molar-refractivity contribution in [1.29, 1.82) is 0 Å². The molecule has 9 heteroatoms. The predicted octanol–water partition coefficient (Wildman–Crippen LogP) is 6.63. The van der Waals surface area contributed by atoms with Crippen molar-refractivity contribution in [2.24, 2.45) is 10.2 Å². The fourth-order valence-electron chi connectivity index (χ4n) is 4.84. The van der Waals surface area contributed by atoms with E-state index in [0.29, 0.717) is 23.4 Å². The van der Waals surface area contributed by atoms with Crippen LogP contribution in [0, 0.1) is 0 Å². The molecule has 3 aromatic carbocycles. The number of ether oxygens (including phenoxy) is 2. The van der Waals surface area contributed by atoms with Crippen LogP contribution in [0.5, 0.6) is 17.4 Å². The molecule has 0 saturated carbocycles. The van der Waals surface area contributed by atoms with Crippen LogP contribution in [-0.2, 0) is 13.1 Å². The van der Waals surface area contributed by atoms with Crippen LogP contribution in [0.25, 0.3) is 10.9 Å². The molecule has 0 fully saturated rings. The van der Waals surface area contributed by atoms with Crippen molar-refractivity contribution < 1.29 is 19.4 Å². The Morgan fingerprint density at radius 2 is 1.81 bits per heavy atom. The summed E-state index contributed by atoms with van der Waals surface area (Å²) in [5.74, 6) is 0.908. The zero-order chi connectivity index (χ0) is 26.1. The molecule has 0 spiro atoms. The van der Waals surface area contributed by atoms with Gasteiger partial charge in [-0.25, -0.2) is 0 Å². The Bertz CT molecular complexity index is 1500. The first-order chi connectivity index (χ1) is 17.9. The number of benzene rings is 3. The minimum atomic E-state index is -0.471. The maximum absolute atomic E-state index is 12.5. The minimum Gasteiger partial charge on any atom is -0.493 e. The zero-order valence-electron chi connectivity index (χ0n) is 20.8. The molecule has 1 amide bonds. The van der Waals surface area contributed by atoms with E-state index in [2.05, 4.69) is 38.0 Å². The molecule has 4 aromatic rings. The summed E-state index contributed by atoms with van der Waals surface area (Å²) in [5, 5.41) is 20.1. The molecule has 2 heterocycles. The van der Waals surface area contributed by atoms with Gasteiger partial charge in [-0.3, -0.25) is 14.3 Å². The maximum Gasteiger partial charge on any atom is 0.295 e. The van der Waals surface area contributed by atoms with E-state index in [1.807, 2.05) is 41.0 Å². The second-order valence-electron chi connectivity index (χ2n) is 8.92. The van der Waals surface area contributed by atoms with Crippen LogP contribution in [0.15, 0.2) is 75.4 Å². The van der Waals surface area contributed by atoms with Gasteiger partial charge in [-0.1, -0.05) is 34.1 Å². The average molecular weight is 563 g/mol. The fourth-order valence-corrected chi connectivity index (χ4v) is 5.20. The number of rotatable bonds is 6. The van der Waals surface area contributed by atoms with Crippen molar-refractivity contribution in [1.82, 2.24) is 9.47 Å². The molecule has 1 aromatic heterocycles. The highest BCUT2D eigenvalue weighted by atomic mass is 79.9. The molecule has 1 atom stereocenters. The number of carbonyl (C=O) groups is 1. The summed E-state index contributed by atoms with van der Waals surface area (Å²) < 4.78 is 13.7. The largest absolute Gasteiger partial charge is 0.493 e. The third kappa shape index (κ3) is 4.72. The van der Waals surface area contributed by atoms with Gasteiger partial charge in [-0.2, -0.15) is 0 Å². The highest BCUT2D eigenvalue weighted by Crippen LogP contribution is 2.42. The normalized spacial score (nSPS) is 15.7. The first-order valence-corrected chi connectivity index (χ1v) is 12.7. The summed E-state index contributed by atoms with van der Waals surface area (Å²) in [4.78, 5) is 14.8. The molecule has 0 saturated heterocycles. The molecule has 1 aliphatic rings. The van der Waals surface area contributed by atoms with Crippen molar-refractivity contribution in [3.05, 3.63) is 81.8 Å². The third-order valence-corrected chi connectivity index (χ3v) is 7.36. The topological polar surface area (TPSA) is 88.7 Å². The van der Waals surface area contributed by atoms with Crippen LogP contribution in [0.2, 0.25) is 0 Å². The van der Waals surface area contributed by atoms with Gasteiger partial charge in [-0.05, 0) is 66.9 Å². The highest BCUT2D eigenvalue weighted by Gasteiger charge is 2.28. The van der Waals surface area contributed by atoms with Gasteiger partial charge in [0.2, 0.25) is 5.88 Å². The first kappa shape index (κ1) is 25.0. The molecule has 0 radical (unpaired) electrons. The molecule has 0 aliphatic carbocycles. The van der Waals surface area contributed by atoms with Crippen LogP contribution in [-0.4, -0.2) is 41.2 Å². The minimum absolute atomic E-state index is 0.0389. The lowest BCUT2D eigenvalue weighted by Crippen LogP contribution is -2.35. The van der Waals surface area contributed by atoms with E-state index in [9.17, 15) is 9.90 Å². The van der Waals surface area contributed by atoms with Crippen molar-refractivity contribution >= 4 is 38.4 Å². The first-order valence-electron chi connectivity index (χ1n) is 11.9. The van der Waals surface area contributed by atoms with E-state index in [-0.39, 0.29) is 17.6 Å². The van der Waals surface area contributed by atoms with Gasteiger partial charge in [0, 0.05) is 28.0 Å². The monoisotopic (exact) mass is 562 g/mol. The number of aromatic nitrogens is 1. The summed E-state index contributed by atoms with van der Waals surface area (Å²) in [7, 11) is 3.28. The number of amides is 1. The molecule has 1 aliphatic heterocycles. The van der Waals surface area contributed by atoms with Crippen LogP contribution < -0.4 is 9.47 Å². The number of nitrogens with zero attached hydrogens (tertiary/aromatic N) is 4. The molecule has 0 bridgehead atoms. The predicted molar refractivity (Wildman–Crippen MR) is 145 cm³/mol. The Hall–Kier alpha value is -3.69. The van der Waals surface area contributed by atoms with Gasteiger partial charge in [-0.15, -0.1) is 10.2 Å². The summed E-state index contributed by atoms with van der Waals surface area (Å²) >= 11 is 3.51. The summed E-state index contributed by atoms with van der Waals surface area (Å²) in [6.07, 6.45) is 0.837. The van der Waals surface area contributed by atoms with Crippen LogP contribution >= 0.6 is 15.9 Å². The van der Waals surface area contributed by atoms with Crippen molar-refractivity contribution in [2.75, 3.05) is 20.8 Å². The Labute approximate surface area is 223 Å². The smallest absolute Gasteiger partial charge is 0.295 e. The lowest BCUT2D eigenvalue weighted by molar-refractivity contribution is 0.0995. The standard InChI is InChI=1S/C28H27BrN4O4/c1-17-21-15-25(37-3)24(36-2)13-19(21)11-12-32(17)16-33-23-10-9-20(29)14-22(23)26(28(33)35)30-31-27(34)18-7-5-4-6-8-18/h4-10,13-15,17,35H,11-12,16H2,1-3H3. The Kier molecular flexibility index (Phi) is 6.99. The van der Waals surface area contributed by atoms with Gasteiger partial charge < -0.3 is 14.6 Å². The van der Waals surface area contributed by atoms with E-state index in [1.165, 1.54) is 5.56 Å². The lowest BCUT2D eigenvalue weighted by Gasteiger charge is -2.36. The lowest BCUT2D eigenvalue weighted by atomic mass is 9.93. The fraction of sp³-hybridized carbons (Fsp3) is 0.250. The molecular formula is C28H27BrN4O4. The molecule has 1 unspecified atom stereocenters. The number of aromatic hydroxyl groups is 1. The van der Waals surface area contributed by atoms with E-state index in [0.717, 1.165) is 34.3 Å². The second-order valence-corrected chi connectivity index (χ2v) is 9.83. The number of methoxy groups -OCH3 is 2. The van der Waals surface area contributed by atoms with Crippen LogP contribution in [0.1, 0.15) is 34.5 Å². The third-order valence-electron chi connectivity index (χ3n) is 6.87. The molecular weight excluding hydrogens is 536 g/mol. The van der Waals surface area contributed by atoms with Crippen molar-refractivity contribution in [2.45, 2.75) is 26.1 Å². The second kappa shape index (κ2) is 10.4. The van der Waals surface area contributed by atoms with Gasteiger partial charge in [0.05, 0.1) is 26.4 Å². The van der Waals surface area contributed by atoms with Gasteiger partial charge >= 0.3 is 0 Å². The quantitative estimate of drug-likeness (QED) is 0.266. The van der Waals surface area contributed by atoms with E-state index in [4.69, 9.17) is 9.47 Å². The van der Waals surface area contributed by atoms with Gasteiger partial charge in [0.25, 0.3) is 5.91 Å². The SMILES string of the molecule is COc1cc2c(cc1OC)C(C)N(Cn1c(O)c(N=NC(=O)c3ccccc3)c3cc(Br)ccc31)CC2. The average Bonchev–Trinajstić information content (AvgIpc) is 3.17. The van der Waals surface area contributed by atoms with E-state index < -0.39 is 5.91 Å². The number of fused-ring (bicyclic) bond motifs is 2. The number of azo groups is 1. The molecule has 5 rings (SSSR count). The summed E-state index contributed by atoms with van der Waals surface area (Å²) in [6, 6.07) is 18.6. The molecule has 8 nitrogen and oxygen atoms in total. The summed E-state index contributed by atoms with van der Waals surface area (Å²) in [6.45, 7) is 3.37. The van der Waals surface area contributed by atoms with Gasteiger partial charge in [0.1, 0.15) is 0 Å². The Morgan fingerprint density at radius 3 is 2.54 bits per heavy atom. The van der Waals surface area contributed by atoms with Gasteiger partial charge in [0.15, 0.2) is 17.2 Å². The number of halogens is 1. The molecule has 37 heavy (non-hydrogen) atoms. The summed E-state index contributed by atoms with van der Waals surface area (Å²) in [5.41, 5.74) is 3.88. The van der Waals surface area contributed by atoms with Crippen molar-refractivity contribution in [3.8, 4) is 17.4 Å². The molecule has 1 N–H and O–H groups in total. The highest BCUT2D eigenvalue weighted by molar-refractivity contribution is 9.10. The number of hydrogen-bond donors (Lipinski definition) is 1. The Morgan fingerprint density at radius 1 is 1.08 bits per heavy atom. The van der Waals surface area contributed by atoms with E-state index >= 15 is 0 Å². The van der Waals surface area contributed by atoms with E-state index in [1.54, 1.807) is 38.5 Å². The number of carbonyl (C=O) groups excluding carboxylic acids is 1. The number of hydrogen-bond acceptors (Lipinski definition) is 6.